The maximum Gasteiger partial charge on any atom is 0.253 e. The van der Waals surface area contributed by atoms with Gasteiger partial charge < -0.3 is 20.6 Å². The molecule has 1 amide bonds. The molecule has 2 heterocycles. The van der Waals surface area contributed by atoms with E-state index in [0.717, 1.165) is 49.2 Å². The summed E-state index contributed by atoms with van der Waals surface area (Å²) in [4.78, 5) is 19.3. The van der Waals surface area contributed by atoms with Crippen molar-refractivity contribution in [2.45, 2.75) is 45.3 Å². The Bertz CT molecular complexity index is 843. The topological polar surface area (TPSA) is 77.0 Å². The molecule has 1 fully saturated rings. The number of nitrogens with zero attached hydrogens (tertiary/aromatic N) is 2. The summed E-state index contributed by atoms with van der Waals surface area (Å²) in [6, 6.07) is 9.66. The molecule has 1 unspecified atom stereocenters. The molecule has 0 saturated carbocycles. The molecule has 0 spiro atoms. The molecule has 0 bridgehead atoms. The first-order chi connectivity index (χ1) is 14.5. The summed E-state index contributed by atoms with van der Waals surface area (Å²) >= 11 is 1.57. The van der Waals surface area contributed by atoms with Crippen LogP contribution in [0.4, 0.5) is 0 Å². The average Bonchev–Trinajstić information content (AvgIpc) is 3.32. The SMILES string of the molecule is CCNC(=NCc1cccc(C(=O)N2CCCCC2)c1)NCC(C)(O)c1ccsc1. The minimum Gasteiger partial charge on any atom is -0.384 e. The van der Waals surface area contributed by atoms with Gasteiger partial charge in [-0.25, -0.2) is 4.99 Å². The first-order valence-corrected chi connectivity index (χ1v) is 11.6. The van der Waals surface area contributed by atoms with E-state index in [-0.39, 0.29) is 5.91 Å². The van der Waals surface area contributed by atoms with Crippen molar-refractivity contribution in [3.05, 3.63) is 57.8 Å². The number of benzene rings is 1. The largest absolute Gasteiger partial charge is 0.384 e. The number of aliphatic hydroxyl groups is 1. The number of thiophene rings is 1. The number of carbonyl (C=O) groups excluding carboxylic acids is 1. The van der Waals surface area contributed by atoms with E-state index in [2.05, 4.69) is 15.6 Å². The summed E-state index contributed by atoms with van der Waals surface area (Å²) in [6.07, 6.45) is 3.38. The lowest BCUT2D eigenvalue weighted by Crippen LogP contribution is -2.44. The zero-order valence-corrected chi connectivity index (χ0v) is 18.7. The molecule has 6 nitrogen and oxygen atoms in total. The van der Waals surface area contributed by atoms with Crippen molar-refractivity contribution in [1.29, 1.82) is 0 Å². The van der Waals surface area contributed by atoms with Gasteiger partial charge in [-0.3, -0.25) is 4.79 Å². The lowest BCUT2D eigenvalue weighted by Gasteiger charge is -2.26. The molecule has 1 aromatic heterocycles. The average molecular weight is 429 g/mol. The fraction of sp³-hybridized carbons (Fsp3) is 0.478. The van der Waals surface area contributed by atoms with Gasteiger partial charge in [-0.2, -0.15) is 11.3 Å². The van der Waals surface area contributed by atoms with Crippen molar-refractivity contribution in [1.82, 2.24) is 15.5 Å². The molecule has 1 saturated heterocycles. The summed E-state index contributed by atoms with van der Waals surface area (Å²) in [7, 11) is 0. The smallest absolute Gasteiger partial charge is 0.253 e. The molecule has 1 aliphatic rings. The molecular formula is C23H32N4O2S. The van der Waals surface area contributed by atoms with Crippen LogP contribution in [0.2, 0.25) is 0 Å². The number of rotatable bonds is 7. The monoisotopic (exact) mass is 428 g/mol. The van der Waals surface area contributed by atoms with Gasteiger partial charge in [0.2, 0.25) is 0 Å². The number of nitrogens with one attached hydrogen (secondary N) is 2. The Labute approximate surface area is 183 Å². The van der Waals surface area contributed by atoms with Crippen molar-refractivity contribution in [3.8, 4) is 0 Å². The van der Waals surface area contributed by atoms with Gasteiger partial charge in [0.05, 0.1) is 13.1 Å². The first-order valence-electron chi connectivity index (χ1n) is 10.6. The number of aliphatic imine (C=N–C) groups is 1. The number of hydrogen-bond donors (Lipinski definition) is 3. The van der Waals surface area contributed by atoms with Crippen molar-refractivity contribution in [2.75, 3.05) is 26.2 Å². The van der Waals surface area contributed by atoms with Crippen LogP contribution >= 0.6 is 11.3 Å². The molecule has 162 valence electrons. The Hall–Kier alpha value is -2.38. The van der Waals surface area contributed by atoms with Crippen molar-refractivity contribution in [3.63, 3.8) is 0 Å². The van der Waals surface area contributed by atoms with E-state index in [9.17, 15) is 9.90 Å². The molecular weight excluding hydrogens is 396 g/mol. The third-order valence-electron chi connectivity index (χ3n) is 5.32. The van der Waals surface area contributed by atoms with E-state index in [0.29, 0.717) is 19.0 Å². The van der Waals surface area contributed by atoms with Crippen LogP contribution in [-0.2, 0) is 12.1 Å². The van der Waals surface area contributed by atoms with Crippen LogP contribution in [0.1, 0.15) is 54.6 Å². The Kier molecular flexibility index (Phi) is 7.87. The summed E-state index contributed by atoms with van der Waals surface area (Å²) in [5.41, 5.74) is 1.62. The van der Waals surface area contributed by atoms with Crippen LogP contribution in [0.15, 0.2) is 46.1 Å². The van der Waals surface area contributed by atoms with Gasteiger partial charge in [-0.05, 0) is 73.2 Å². The van der Waals surface area contributed by atoms with Crippen molar-refractivity contribution in [2.24, 2.45) is 4.99 Å². The quantitative estimate of drug-likeness (QED) is 0.467. The van der Waals surface area contributed by atoms with Crippen LogP contribution in [0.3, 0.4) is 0 Å². The molecule has 1 atom stereocenters. The van der Waals surface area contributed by atoms with Crippen LogP contribution in [-0.4, -0.2) is 48.1 Å². The maximum atomic E-state index is 12.8. The van der Waals surface area contributed by atoms with E-state index in [1.165, 1.54) is 6.42 Å². The number of guanidine groups is 1. The Morgan fingerprint density at radius 3 is 2.73 bits per heavy atom. The standard InChI is InChI=1S/C23H32N4O2S/c1-3-24-22(26-17-23(2,29)20-10-13-30-16-20)25-15-18-8-7-9-19(14-18)21(28)27-11-5-4-6-12-27/h7-10,13-14,16,29H,3-6,11-12,15,17H2,1-2H3,(H2,24,25,26). The van der Waals surface area contributed by atoms with Gasteiger partial charge in [0, 0.05) is 25.2 Å². The molecule has 3 rings (SSSR count). The Morgan fingerprint density at radius 2 is 2.03 bits per heavy atom. The van der Waals surface area contributed by atoms with Crippen molar-refractivity contribution >= 4 is 23.2 Å². The molecule has 3 N–H and O–H groups in total. The highest BCUT2D eigenvalue weighted by atomic mass is 32.1. The highest BCUT2D eigenvalue weighted by Crippen LogP contribution is 2.22. The Balaban J connectivity index is 1.63. The van der Waals surface area contributed by atoms with E-state index < -0.39 is 5.60 Å². The number of amides is 1. The minimum absolute atomic E-state index is 0.109. The van der Waals surface area contributed by atoms with E-state index in [1.807, 2.05) is 52.9 Å². The molecule has 1 aliphatic heterocycles. The van der Waals surface area contributed by atoms with Crippen LogP contribution in [0.5, 0.6) is 0 Å². The predicted molar refractivity (Wildman–Crippen MR) is 123 cm³/mol. The van der Waals surface area contributed by atoms with Crippen LogP contribution < -0.4 is 10.6 Å². The third-order valence-corrected chi connectivity index (χ3v) is 6.01. The third kappa shape index (κ3) is 6.06. The summed E-state index contributed by atoms with van der Waals surface area (Å²) in [5.74, 6) is 0.748. The van der Waals surface area contributed by atoms with E-state index in [1.54, 1.807) is 18.3 Å². The lowest BCUT2D eigenvalue weighted by molar-refractivity contribution is 0.0621. The predicted octanol–water partition coefficient (Wildman–Crippen LogP) is 3.34. The van der Waals surface area contributed by atoms with Crippen molar-refractivity contribution < 1.29 is 9.90 Å². The second-order valence-corrected chi connectivity index (χ2v) is 8.67. The van der Waals surface area contributed by atoms with E-state index in [4.69, 9.17) is 0 Å². The molecule has 0 radical (unpaired) electrons. The fourth-order valence-corrected chi connectivity index (χ4v) is 4.31. The second kappa shape index (κ2) is 10.6. The van der Waals surface area contributed by atoms with Gasteiger partial charge in [0.25, 0.3) is 5.91 Å². The zero-order valence-electron chi connectivity index (χ0n) is 17.9. The van der Waals surface area contributed by atoms with Gasteiger partial charge in [0.15, 0.2) is 5.96 Å². The molecule has 2 aromatic rings. The molecule has 7 heteroatoms. The number of likely N-dealkylation sites (tertiary alicyclic amines) is 1. The number of carbonyl (C=O) groups is 1. The van der Waals surface area contributed by atoms with Gasteiger partial charge in [0.1, 0.15) is 5.60 Å². The highest BCUT2D eigenvalue weighted by molar-refractivity contribution is 7.08. The molecule has 30 heavy (non-hydrogen) atoms. The number of hydrogen-bond acceptors (Lipinski definition) is 4. The number of piperidine rings is 1. The van der Waals surface area contributed by atoms with Crippen LogP contribution in [0, 0.1) is 0 Å². The summed E-state index contributed by atoms with van der Waals surface area (Å²) < 4.78 is 0. The minimum atomic E-state index is -0.975. The molecule has 0 aliphatic carbocycles. The zero-order chi connectivity index (χ0) is 21.4. The molecule has 1 aromatic carbocycles. The van der Waals surface area contributed by atoms with Crippen LogP contribution in [0.25, 0.3) is 0 Å². The van der Waals surface area contributed by atoms with E-state index >= 15 is 0 Å². The maximum absolute atomic E-state index is 12.8. The summed E-state index contributed by atoms with van der Waals surface area (Å²) in [6.45, 7) is 7.02. The van der Waals surface area contributed by atoms with Gasteiger partial charge >= 0.3 is 0 Å². The van der Waals surface area contributed by atoms with Gasteiger partial charge in [-0.1, -0.05) is 12.1 Å². The Morgan fingerprint density at radius 1 is 1.23 bits per heavy atom. The normalized spacial score (nSPS) is 16.8. The lowest BCUT2D eigenvalue weighted by atomic mass is 9.99. The highest BCUT2D eigenvalue weighted by Gasteiger charge is 2.23. The fourth-order valence-electron chi connectivity index (χ4n) is 3.52. The van der Waals surface area contributed by atoms with Gasteiger partial charge in [-0.15, -0.1) is 0 Å². The summed E-state index contributed by atoms with van der Waals surface area (Å²) in [5, 5.41) is 21.1. The second-order valence-electron chi connectivity index (χ2n) is 7.89. The first kappa shape index (κ1) is 22.3.